The Kier molecular flexibility index (Phi) is 6.47. The number of hydrogen-bond acceptors (Lipinski definition) is 1. The summed E-state index contributed by atoms with van der Waals surface area (Å²) < 4.78 is 0. The summed E-state index contributed by atoms with van der Waals surface area (Å²) >= 11 is 0. The van der Waals surface area contributed by atoms with Crippen molar-refractivity contribution in [1.82, 2.24) is 4.98 Å². The van der Waals surface area contributed by atoms with E-state index in [2.05, 4.69) is 30.1 Å². The van der Waals surface area contributed by atoms with Gasteiger partial charge < -0.3 is 4.98 Å². The van der Waals surface area contributed by atoms with E-state index in [1.54, 1.807) is 0 Å². The van der Waals surface area contributed by atoms with Crippen LogP contribution in [0.3, 0.4) is 0 Å². The topological polar surface area (TPSA) is 12.9 Å². The second kappa shape index (κ2) is 6.47. The van der Waals surface area contributed by atoms with Gasteiger partial charge >= 0.3 is 0 Å². The van der Waals surface area contributed by atoms with Crippen molar-refractivity contribution in [2.75, 3.05) is 0 Å². The summed E-state index contributed by atoms with van der Waals surface area (Å²) in [6, 6.07) is 3.33. The van der Waals surface area contributed by atoms with Crippen LogP contribution in [0.15, 0.2) is 6.08 Å². The van der Waals surface area contributed by atoms with Crippen LogP contribution in [0.1, 0.15) is 36.4 Å². The van der Waals surface area contributed by atoms with Crippen molar-refractivity contribution in [1.29, 1.82) is 0 Å². The number of hydrogen-bond donors (Lipinski definition) is 0. The van der Waals surface area contributed by atoms with Crippen LogP contribution >= 0.6 is 0 Å². The van der Waals surface area contributed by atoms with Gasteiger partial charge in [0.25, 0.3) is 0 Å². The molecule has 0 fully saturated rings. The fraction of sp³-hybridized carbons (Fsp3) is 0.417. The zero-order valence-corrected chi connectivity index (χ0v) is 12.2. The number of allylic oxidation sites excluding steroid dienone is 1. The van der Waals surface area contributed by atoms with Crippen LogP contribution in [-0.2, 0) is 39.1 Å². The molecule has 73 valence electrons. The summed E-state index contributed by atoms with van der Waals surface area (Å²) in [5, 5.41) is 0. The van der Waals surface area contributed by atoms with E-state index in [-0.39, 0.29) is 32.7 Å². The second-order valence-corrected chi connectivity index (χ2v) is 2.92. The molecular formula is C12H16NY-. The number of pyridine rings is 1. The molecule has 0 aromatic carbocycles. The normalized spacial score (nSPS) is 11.1. The van der Waals surface area contributed by atoms with E-state index in [9.17, 15) is 0 Å². The molecule has 1 aliphatic rings. The molecule has 0 saturated heterocycles. The van der Waals surface area contributed by atoms with Gasteiger partial charge in [0.15, 0.2) is 0 Å². The van der Waals surface area contributed by atoms with Crippen LogP contribution in [-0.4, -0.2) is 4.98 Å². The van der Waals surface area contributed by atoms with Gasteiger partial charge in [-0.1, -0.05) is 45.5 Å². The molecule has 0 atom stereocenters. The molecule has 1 heterocycles. The average molecular weight is 263 g/mol. The first kappa shape index (κ1) is 14.0. The summed E-state index contributed by atoms with van der Waals surface area (Å²) in [6.45, 7) is 8.08. The van der Waals surface area contributed by atoms with Gasteiger partial charge in [0, 0.05) is 32.7 Å². The van der Waals surface area contributed by atoms with Gasteiger partial charge in [-0.25, -0.2) is 0 Å². The minimum Gasteiger partial charge on any atom is -0.380 e. The Balaban J connectivity index is 0.000000531. The maximum Gasteiger partial charge on any atom is 0 e. The maximum absolute atomic E-state index is 4.44. The predicted octanol–water partition coefficient (Wildman–Crippen LogP) is 3.09. The molecule has 0 unspecified atom stereocenters. The Morgan fingerprint density at radius 2 is 1.93 bits per heavy atom. The summed E-state index contributed by atoms with van der Waals surface area (Å²) in [7, 11) is 0. The Bertz CT molecular complexity index is 329. The fourth-order valence-electron chi connectivity index (χ4n) is 1.29. The molecule has 0 bridgehead atoms. The molecule has 0 amide bonds. The van der Waals surface area contributed by atoms with Crippen molar-refractivity contribution in [2.45, 2.75) is 34.1 Å². The van der Waals surface area contributed by atoms with Gasteiger partial charge in [0.2, 0.25) is 0 Å². The molecular weight excluding hydrogens is 247 g/mol. The van der Waals surface area contributed by atoms with Crippen molar-refractivity contribution in [3.05, 3.63) is 34.7 Å². The Morgan fingerprint density at radius 1 is 1.29 bits per heavy atom. The van der Waals surface area contributed by atoms with Crippen LogP contribution in [0.4, 0.5) is 0 Å². The molecule has 0 aliphatic heterocycles. The first-order valence-electron chi connectivity index (χ1n) is 4.83. The van der Waals surface area contributed by atoms with E-state index >= 15 is 0 Å². The largest absolute Gasteiger partial charge is 0.380 e. The Labute approximate surface area is 112 Å². The molecule has 2 heteroatoms. The van der Waals surface area contributed by atoms with E-state index in [0.29, 0.717) is 0 Å². The fourth-order valence-corrected chi connectivity index (χ4v) is 1.29. The maximum atomic E-state index is 4.44. The summed E-state index contributed by atoms with van der Waals surface area (Å²) in [6.07, 6.45) is 5.20. The van der Waals surface area contributed by atoms with Crippen LogP contribution in [0.2, 0.25) is 0 Å². The van der Waals surface area contributed by atoms with Gasteiger partial charge in [0.1, 0.15) is 0 Å². The molecule has 1 aromatic rings. The molecule has 0 saturated carbocycles. The third kappa shape index (κ3) is 3.00. The molecule has 14 heavy (non-hydrogen) atoms. The van der Waals surface area contributed by atoms with E-state index in [0.717, 1.165) is 17.8 Å². The van der Waals surface area contributed by atoms with Crippen LogP contribution in [0, 0.1) is 19.9 Å². The summed E-state index contributed by atoms with van der Waals surface area (Å²) in [5.41, 5.74) is 4.61. The zero-order chi connectivity index (χ0) is 9.84. The molecule has 0 spiro atoms. The SMILES string of the molecule is CC.Cc1[c-]c2c(nc1C)C=CC2.[Y]. The third-order valence-electron chi connectivity index (χ3n) is 2.08. The predicted molar refractivity (Wildman–Crippen MR) is 56.6 cm³/mol. The minimum atomic E-state index is 0. The molecule has 2 rings (SSSR count). The molecule has 1 nitrogen and oxygen atoms in total. The van der Waals surface area contributed by atoms with E-state index < -0.39 is 0 Å². The van der Waals surface area contributed by atoms with Crippen molar-refractivity contribution >= 4 is 6.08 Å². The number of aryl methyl sites for hydroxylation is 2. The average Bonchev–Trinajstić information content (AvgIpc) is 2.56. The van der Waals surface area contributed by atoms with Gasteiger partial charge in [-0.3, -0.25) is 0 Å². The number of aromatic nitrogens is 1. The minimum absolute atomic E-state index is 0. The monoisotopic (exact) mass is 263 g/mol. The van der Waals surface area contributed by atoms with Crippen LogP contribution in [0.5, 0.6) is 0 Å². The van der Waals surface area contributed by atoms with Gasteiger partial charge in [0.05, 0.1) is 0 Å². The number of fused-ring (bicyclic) bond motifs is 1. The molecule has 1 aliphatic carbocycles. The van der Waals surface area contributed by atoms with Gasteiger partial charge in [-0.15, -0.1) is 11.1 Å². The van der Waals surface area contributed by atoms with Crippen molar-refractivity contribution in [3.63, 3.8) is 0 Å². The Hall–Kier alpha value is -0.00610. The first-order valence-corrected chi connectivity index (χ1v) is 4.83. The smallest absolute Gasteiger partial charge is 0 e. The number of nitrogens with zero attached hydrogens (tertiary/aromatic N) is 1. The van der Waals surface area contributed by atoms with Crippen molar-refractivity contribution < 1.29 is 32.7 Å². The van der Waals surface area contributed by atoms with E-state index in [1.165, 1.54) is 11.1 Å². The van der Waals surface area contributed by atoms with Crippen molar-refractivity contribution in [2.24, 2.45) is 0 Å². The second-order valence-electron chi connectivity index (χ2n) is 2.92. The van der Waals surface area contributed by atoms with Crippen LogP contribution < -0.4 is 0 Å². The quantitative estimate of drug-likeness (QED) is 0.655. The Morgan fingerprint density at radius 3 is 2.57 bits per heavy atom. The third-order valence-corrected chi connectivity index (χ3v) is 2.08. The standard InChI is InChI=1S/C10H10N.C2H6.Y/c1-7-6-9-4-3-5-10(9)11-8(7)2;1-2;/h3,5H,4H2,1-2H3;1-2H3;/q-1;;. The first-order chi connectivity index (χ1) is 6.27. The van der Waals surface area contributed by atoms with E-state index in [1.807, 2.05) is 20.8 Å². The van der Waals surface area contributed by atoms with E-state index in [4.69, 9.17) is 0 Å². The zero-order valence-electron chi connectivity index (χ0n) is 9.39. The summed E-state index contributed by atoms with van der Waals surface area (Å²) in [5.74, 6) is 0. The molecule has 1 aromatic heterocycles. The van der Waals surface area contributed by atoms with Gasteiger partial charge in [-0.05, 0) is 12.1 Å². The summed E-state index contributed by atoms with van der Waals surface area (Å²) in [4.78, 5) is 4.44. The molecule has 0 N–H and O–H groups in total. The van der Waals surface area contributed by atoms with Crippen LogP contribution in [0.25, 0.3) is 6.08 Å². The molecule has 1 radical (unpaired) electrons. The van der Waals surface area contributed by atoms with Gasteiger partial charge in [-0.2, -0.15) is 6.07 Å². The number of rotatable bonds is 0. The van der Waals surface area contributed by atoms with Crippen molar-refractivity contribution in [3.8, 4) is 0 Å².